The van der Waals surface area contributed by atoms with Crippen molar-refractivity contribution in [3.63, 3.8) is 0 Å². The highest BCUT2D eigenvalue weighted by atomic mass is 35.5. The molecule has 0 aliphatic heterocycles. The van der Waals surface area contributed by atoms with Crippen LogP contribution in [0.5, 0.6) is 5.75 Å². The molecule has 120 valence electrons. The Balaban J connectivity index is 1.81. The molecule has 1 fully saturated rings. The van der Waals surface area contributed by atoms with Crippen molar-refractivity contribution >= 4 is 23.5 Å². The summed E-state index contributed by atoms with van der Waals surface area (Å²) in [4.78, 5) is 23.0. The van der Waals surface area contributed by atoms with Gasteiger partial charge in [-0.05, 0) is 50.8 Å². The van der Waals surface area contributed by atoms with Gasteiger partial charge in [0.2, 0.25) is 0 Å². The van der Waals surface area contributed by atoms with Gasteiger partial charge in [0, 0.05) is 11.1 Å². The Hall–Kier alpha value is -1.75. The van der Waals surface area contributed by atoms with Gasteiger partial charge in [0.05, 0.1) is 5.92 Å². The number of carboxylic acids is 1. The fraction of sp³-hybridized carbons (Fsp3) is 0.500. The summed E-state index contributed by atoms with van der Waals surface area (Å²) in [6, 6.07) is 6.92. The smallest absolute Gasteiger partial charge is 0.306 e. The summed E-state index contributed by atoms with van der Waals surface area (Å²) in [6.45, 7) is 1.68. The Bertz CT molecular complexity index is 541. The predicted octanol–water partition coefficient (Wildman–Crippen LogP) is 2.87. The minimum absolute atomic E-state index is 0.0218. The molecule has 0 bridgehead atoms. The average Bonchev–Trinajstić information content (AvgIpc) is 2.47. The number of aliphatic carboxylic acids is 1. The SMILES string of the molecule is CC(Oc1cccc(Cl)c1)C(=O)NC1CCC(C(=O)O)CC1. The van der Waals surface area contributed by atoms with E-state index in [-0.39, 0.29) is 17.9 Å². The highest BCUT2D eigenvalue weighted by Gasteiger charge is 2.28. The van der Waals surface area contributed by atoms with Crippen LogP contribution in [-0.4, -0.2) is 29.1 Å². The van der Waals surface area contributed by atoms with E-state index < -0.39 is 12.1 Å². The number of hydrogen-bond donors (Lipinski definition) is 2. The highest BCUT2D eigenvalue weighted by molar-refractivity contribution is 6.30. The summed E-state index contributed by atoms with van der Waals surface area (Å²) in [7, 11) is 0. The summed E-state index contributed by atoms with van der Waals surface area (Å²) in [5, 5.41) is 12.4. The van der Waals surface area contributed by atoms with Crippen molar-refractivity contribution in [1.82, 2.24) is 5.32 Å². The molecule has 6 heteroatoms. The molecule has 1 amide bonds. The number of hydrogen-bond acceptors (Lipinski definition) is 3. The number of halogens is 1. The molecule has 1 unspecified atom stereocenters. The van der Waals surface area contributed by atoms with Crippen molar-refractivity contribution in [2.45, 2.75) is 44.8 Å². The molecule has 22 heavy (non-hydrogen) atoms. The molecular weight excluding hydrogens is 306 g/mol. The van der Waals surface area contributed by atoms with Crippen LogP contribution in [0.15, 0.2) is 24.3 Å². The molecule has 0 saturated heterocycles. The van der Waals surface area contributed by atoms with E-state index in [0.717, 1.165) is 0 Å². The van der Waals surface area contributed by atoms with E-state index >= 15 is 0 Å². The van der Waals surface area contributed by atoms with E-state index in [9.17, 15) is 9.59 Å². The summed E-state index contributed by atoms with van der Waals surface area (Å²) in [5.74, 6) is -0.681. The lowest BCUT2D eigenvalue weighted by Crippen LogP contribution is -2.44. The second kappa shape index (κ2) is 7.49. The third-order valence-corrected chi connectivity index (χ3v) is 4.14. The van der Waals surface area contributed by atoms with E-state index in [1.54, 1.807) is 31.2 Å². The molecule has 0 heterocycles. The van der Waals surface area contributed by atoms with Crippen LogP contribution in [0.3, 0.4) is 0 Å². The van der Waals surface area contributed by atoms with E-state index in [2.05, 4.69) is 5.32 Å². The third kappa shape index (κ3) is 4.63. The van der Waals surface area contributed by atoms with Crippen molar-refractivity contribution < 1.29 is 19.4 Å². The van der Waals surface area contributed by atoms with E-state index in [1.807, 2.05) is 0 Å². The third-order valence-electron chi connectivity index (χ3n) is 3.90. The van der Waals surface area contributed by atoms with Crippen molar-refractivity contribution in [2.24, 2.45) is 5.92 Å². The summed E-state index contributed by atoms with van der Waals surface area (Å²) >= 11 is 5.87. The van der Waals surface area contributed by atoms with Gasteiger partial charge in [0.1, 0.15) is 5.75 Å². The Morgan fingerprint density at radius 1 is 1.32 bits per heavy atom. The Morgan fingerprint density at radius 3 is 2.59 bits per heavy atom. The number of rotatable bonds is 5. The van der Waals surface area contributed by atoms with Crippen LogP contribution in [0.4, 0.5) is 0 Å². The average molecular weight is 326 g/mol. The fourth-order valence-corrected chi connectivity index (χ4v) is 2.78. The molecule has 1 saturated carbocycles. The van der Waals surface area contributed by atoms with E-state index in [4.69, 9.17) is 21.4 Å². The van der Waals surface area contributed by atoms with Crippen molar-refractivity contribution in [3.05, 3.63) is 29.3 Å². The van der Waals surface area contributed by atoms with Gasteiger partial charge >= 0.3 is 5.97 Å². The molecule has 1 aliphatic carbocycles. The number of ether oxygens (including phenoxy) is 1. The first-order valence-corrected chi connectivity index (χ1v) is 7.79. The topological polar surface area (TPSA) is 75.6 Å². The molecule has 2 N–H and O–H groups in total. The number of carbonyl (C=O) groups excluding carboxylic acids is 1. The maximum Gasteiger partial charge on any atom is 0.306 e. The van der Waals surface area contributed by atoms with Crippen LogP contribution in [0, 0.1) is 5.92 Å². The van der Waals surface area contributed by atoms with Crippen molar-refractivity contribution in [3.8, 4) is 5.75 Å². The minimum atomic E-state index is -0.748. The molecule has 5 nitrogen and oxygen atoms in total. The maximum atomic E-state index is 12.1. The van der Waals surface area contributed by atoms with Crippen molar-refractivity contribution in [1.29, 1.82) is 0 Å². The van der Waals surface area contributed by atoms with Gasteiger partial charge in [-0.25, -0.2) is 0 Å². The number of carbonyl (C=O) groups is 2. The Kier molecular flexibility index (Phi) is 5.66. The second-order valence-corrected chi connectivity index (χ2v) is 6.05. The van der Waals surface area contributed by atoms with Crippen LogP contribution in [0.2, 0.25) is 5.02 Å². The van der Waals surface area contributed by atoms with Crippen LogP contribution < -0.4 is 10.1 Å². The first kappa shape index (κ1) is 16.6. The van der Waals surface area contributed by atoms with Gasteiger partial charge < -0.3 is 15.2 Å². The van der Waals surface area contributed by atoms with E-state index in [1.165, 1.54) is 0 Å². The maximum absolute atomic E-state index is 12.1. The number of amides is 1. The zero-order valence-electron chi connectivity index (χ0n) is 12.4. The second-order valence-electron chi connectivity index (χ2n) is 5.61. The van der Waals surface area contributed by atoms with Crippen LogP contribution >= 0.6 is 11.6 Å². The first-order valence-electron chi connectivity index (χ1n) is 7.41. The zero-order chi connectivity index (χ0) is 16.1. The molecule has 2 rings (SSSR count). The lowest BCUT2D eigenvalue weighted by Gasteiger charge is -2.27. The molecule has 0 aromatic heterocycles. The van der Waals surface area contributed by atoms with Gasteiger partial charge in [-0.15, -0.1) is 0 Å². The van der Waals surface area contributed by atoms with Crippen LogP contribution in [-0.2, 0) is 9.59 Å². The van der Waals surface area contributed by atoms with Crippen LogP contribution in [0.1, 0.15) is 32.6 Å². The number of carboxylic acid groups (broad SMARTS) is 1. The van der Waals surface area contributed by atoms with Crippen molar-refractivity contribution in [2.75, 3.05) is 0 Å². The molecule has 1 aliphatic rings. The summed E-state index contributed by atoms with van der Waals surface area (Å²) in [6.07, 6.45) is 1.95. The zero-order valence-corrected chi connectivity index (χ0v) is 13.2. The molecule has 1 atom stereocenters. The number of benzene rings is 1. The van der Waals surface area contributed by atoms with Gasteiger partial charge in [-0.3, -0.25) is 9.59 Å². The monoisotopic (exact) mass is 325 g/mol. The standard InChI is InChI=1S/C16H20ClNO4/c1-10(22-14-4-2-3-12(17)9-14)15(19)18-13-7-5-11(6-8-13)16(20)21/h2-4,9-11,13H,5-8H2,1H3,(H,18,19)(H,20,21). The lowest BCUT2D eigenvalue weighted by atomic mass is 9.86. The molecule has 1 aromatic rings. The largest absolute Gasteiger partial charge is 0.481 e. The Morgan fingerprint density at radius 2 is 2.00 bits per heavy atom. The molecule has 1 aromatic carbocycles. The van der Waals surface area contributed by atoms with E-state index in [0.29, 0.717) is 36.5 Å². The summed E-state index contributed by atoms with van der Waals surface area (Å²) < 4.78 is 5.57. The lowest BCUT2D eigenvalue weighted by molar-refractivity contribution is -0.142. The fourth-order valence-electron chi connectivity index (χ4n) is 2.60. The minimum Gasteiger partial charge on any atom is -0.481 e. The molecule has 0 spiro atoms. The highest BCUT2D eigenvalue weighted by Crippen LogP contribution is 2.24. The van der Waals surface area contributed by atoms with Gasteiger partial charge in [-0.1, -0.05) is 17.7 Å². The van der Waals surface area contributed by atoms with Gasteiger partial charge in [0.25, 0.3) is 5.91 Å². The quantitative estimate of drug-likeness (QED) is 0.872. The molecular formula is C16H20ClNO4. The molecule has 0 radical (unpaired) electrons. The number of nitrogens with one attached hydrogen (secondary N) is 1. The first-order chi connectivity index (χ1) is 10.5. The summed E-state index contributed by atoms with van der Waals surface area (Å²) in [5.41, 5.74) is 0. The van der Waals surface area contributed by atoms with Gasteiger partial charge in [-0.2, -0.15) is 0 Å². The van der Waals surface area contributed by atoms with Gasteiger partial charge in [0.15, 0.2) is 6.10 Å². The van der Waals surface area contributed by atoms with Crippen LogP contribution in [0.25, 0.3) is 0 Å². The Labute approximate surface area is 134 Å². The normalized spacial score (nSPS) is 22.6. The predicted molar refractivity (Wildman–Crippen MR) is 83.1 cm³/mol.